The first-order valence-corrected chi connectivity index (χ1v) is 9.47. The minimum Gasteiger partial charge on any atom is -0.313 e. The highest BCUT2D eigenvalue weighted by atomic mass is 32.2. The zero-order valence-electron chi connectivity index (χ0n) is 12.3. The summed E-state index contributed by atoms with van der Waals surface area (Å²) < 4.78 is 23.0. The fraction of sp³-hybridized carbons (Fsp3) is 1.00. The fourth-order valence-electron chi connectivity index (χ4n) is 2.81. The van der Waals surface area contributed by atoms with Gasteiger partial charge in [0.05, 0.1) is 11.5 Å². The Kier molecular flexibility index (Phi) is 4.90. The van der Waals surface area contributed by atoms with Crippen LogP contribution >= 0.6 is 0 Å². The minimum absolute atomic E-state index is 0.309. The second-order valence-electron chi connectivity index (χ2n) is 6.29. The van der Waals surface area contributed by atoms with Crippen LogP contribution in [0.25, 0.3) is 0 Å². The van der Waals surface area contributed by atoms with Crippen molar-refractivity contribution in [1.29, 1.82) is 0 Å². The summed E-state index contributed by atoms with van der Waals surface area (Å²) >= 11 is 0. The molecule has 1 heterocycles. The van der Waals surface area contributed by atoms with Gasteiger partial charge in [-0.25, -0.2) is 8.42 Å². The highest BCUT2D eigenvalue weighted by Gasteiger charge is 2.33. The van der Waals surface area contributed by atoms with Crippen molar-refractivity contribution in [3.05, 3.63) is 0 Å². The molecule has 1 saturated heterocycles. The van der Waals surface area contributed by atoms with E-state index in [2.05, 4.69) is 24.1 Å². The maximum Gasteiger partial charge on any atom is 0.152 e. The molecular formula is C14H28N2O2S. The molecule has 4 nitrogen and oxygen atoms in total. The van der Waals surface area contributed by atoms with Gasteiger partial charge in [-0.3, -0.25) is 0 Å². The van der Waals surface area contributed by atoms with Crippen molar-refractivity contribution in [1.82, 2.24) is 10.2 Å². The van der Waals surface area contributed by atoms with Gasteiger partial charge in [0, 0.05) is 32.2 Å². The molecule has 112 valence electrons. The van der Waals surface area contributed by atoms with Crippen molar-refractivity contribution in [2.75, 3.05) is 37.7 Å². The second-order valence-corrected chi connectivity index (χ2v) is 8.59. The summed E-state index contributed by atoms with van der Waals surface area (Å²) in [7, 11) is -2.76. The maximum absolute atomic E-state index is 11.5. The third-order valence-corrected chi connectivity index (χ3v) is 6.45. The van der Waals surface area contributed by atoms with E-state index in [0.717, 1.165) is 32.0 Å². The van der Waals surface area contributed by atoms with E-state index in [0.29, 0.717) is 30.0 Å². The molecular weight excluding hydrogens is 260 g/mol. The van der Waals surface area contributed by atoms with Gasteiger partial charge in [-0.05, 0) is 31.1 Å². The molecule has 2 aliphatic rings. The average Bonchev–Trinajstić information content (AvgIpc) is 3.21. The van der Waals surface area contributed by atoms with E-state index in [1.165, 1.54) is 12.8 Å². The summed E-state index contributed by atoms with van der Waals surface area (Å²) in [5.74, 6) is 0.680. The lowest BCUT2D eigenvalue weighted by Gasteiger charge is -2.39. The zero-order chi connectivity index (χ0) is 13.9. The molecule has 0 spiro atoms. The van der Waals surface area contributed by atoms with Gasteiger partial charge in [-0.2, -0.15) is 0 Å². The number of sulfone groups is 1. The SMILES string of the molecule is CCC(CC)(CNC1CC1)CN1CCS(=O)(=O)CC1. The van der Waals surface area contributed by atoms with Crippen LogP contribution in [0.4, 0.5) is 0 Å². The molecule has 1 aliphatic heterocycles. The topological polar surface area (TPSA) is 49.4 Å². The minimum atomic E-state index is -2.76. The van der Waals surface area contributed by atoms with Gasteiger partial charge < -0.3 is 10.2 Å². The third kappa shape index (κ3) is 4.43. The smallest absolute Gasteiger partial charge is 0.152 e. The van der Waals surface area contributed by atoms with E-state index >= 15 is 0 Å². The lowest BCUT2D eigenvalue weighted by atomic mass is 9.81. The van der Waals surface area contributed by atoms with Crippen LogP contribution in [0, 0.1) is 5.41 Å². The Balaban J connectivity index is 1.88. The van der Waals surface area contributed by atoms with Crippen molar-refractivity contribution >= 4 is 9.84 Å². The van der Waals surface area contributed by atoms with Crippen LogP contribution in [0.15, 0.2) is 0 Å². The molecule has 2 fully saturated rings. The van der Waals surface area contributed by atoms with E-state index in [9.17, 15) is 8.42 Å². The molecule has 0 unspecified atom stereocenters. The molecule has 0 aromatic rings. The van der Waals surface area contributed by atoms with E-state index in [1.54, 1.807) is 0 Å². The first kappa shape index (κ1) is 15.3. The van der Waals surface area contributed by atoms with E-state index in [-0.39, 0.29) is 0 Å². The third-order valence-electron chi connectivity index (χ3n) is 4.84. The van der Waals surface area contributed by atoms with Gasteiger partial charge in [-0.1, -0.05) is 13.8 Å². The number of hydrogen-bond acceptors (Lipinski definition) is 4. The summed E-state index contributed by atoms with van der Waals surface area (Å²) in [5.41, 5.74) is 0.309. The van der Waals surface area contributed by atoms with Crippen LogP contribution in [0.3, 0.4) is 0 Å². The Morgan fingerprint density at radius 3 is 2.21 bits per heavy atom. The van der Waals surface area contributed by atoms with Gasteiger partial charge in [-0.15, -0.1) is 0 Å². The second kappa shape index (κ2) is 6.10. The molecule has 1 saturated carbocycles. The summed E-state index contributed by atoms with van der Waals surface area (Å²) in [6.45, 7) is 8.07. The normalized spacial score (nSPS) is 24.5. The van der Waals surface area contributed by atoms with Gasteiger partial charge in [0.1, 0.15) is 0 Å². The first-order valence-electron chi connectivity index (χ1n) is 7.65. The van der Waals surface area contributed by atoms with Crippen LogP contribution in [0.5, 0.6) is 0 Å². The molecule has 2 rings (SSSR count). The lowest BCUT2D eigenvalue weighted by molar-refractivity contribution is 0.141. The van der Waals surface area contributed by atoms with Gasteiger partial charge >= 0.3 is 0 Å². The summed E-state index contributed by atoms with van der Waals surface area (Å²) in [6.07, 6.45) is 4.97. The van der Waals surface area contributed by atoms with Crippen molar-refractivity contribution in [2.45, 2.75) is 45.6 Å². The molecule has 0 aromatic carbocycles. The lowest BCUT2D eigenvalue weighted by Crippen LogP contribution is -2.49. The quantitative estimate of drug-likeness (QED) is 0.766. The zero-order valence-corrected chi connectivity index (χ0v) is 13.1. The fourth-order valence-corrected chi connectivity index (χ4v) is 4.09. The van der Waals surface area contributed by atoms with E-state index < -0.39 is 9.84 Å². The van der Waals surface area contributed by atoms with E-state index in [4.69, 9.17) is 0 Å². The molecule has 0 atom stereocenters. The summed E-state index contributed by atoms with van der Waals surface area (Å²) in [4.78, 5) is 2.35. The molecule has 0 aromatic heterocycles. The van der Waals surface area contributed by atoms with Crippen LogP contribution in [0.1, 0.15) is 39.5 Å². The van der Waals surface area contributed by atoms with Gasteiger partial charge in [0.2, 0.25) is 0 Å². The van der Waals surface area contributed by atoms with Crippen LogP contribution in [-0.4, -0.2) is 57.0 Å². The van der Waals surface area contributed by atoms with Crippen molar-refractivity contribution < 1.29 is 8.42 Å². The molecule has 1 N–H and O–H groups in total. The molecule has 0 radical (unpaired) electrons. The predicted molar refractivity (Wildman–Crippen MR) is 79.1 cm³/mol. The number of rotatable bonds is 7. The van der Waals surface area contributed by atoms with Gasteiger partial charge in [0.25, 0.3) is 0 Å². The Labute approximate surface area is 117 Å². The monoisotopic (exact) mass is 288 g/mol. The van der Waals surface area contributed by atoms with Crippen LogP contribution in [0.2, 0.25) is 0 Å². The van der Waals surface area contributed by atoms with Crippen molar-refractivity contribution in [2.24, 2.45) is 5.41 Å². The maximum atomic E-state index is 11.5. The standard InChI is InChI=1S/C14H28N2O2S/c1-3-14(4-2,11-15-13-5-6-13)12-16-7-9-19(17,18)10-8-16/h13,15H,3-12H2,1-2H3. The molecule has 1 aliphatic carbocycles. The summed E-state index contributed by atoms with van der Waals surface area (Å²) in [5, 5.41) is 3.66. The Hall–Kier alpha value is -0.130. The highest BCUT2D eigenvalue weighted by Crippen LogP contribution is 2.29. The molecule has 5 heteroatoms. The Morgan fingerprint density at radius 1 is 1.16 bits per heavy atom. The van der Waals surface area contributed by atoms with Crippen molar-refractivity contribution in [3.8, 4) is 0 Å². The molecule has 19 heavy (non-hydrogen) atoms. The van der Waals surface area contributed by atoms with Crippen LogP contribution < -0.4 is 5.32 Å². The number of nitrogens with one attached hydrogen (secondary N) is 1. The predicted octanol–water partition coefficient (Wildman–Crippen LogP) is 1.28. The van der Waals surface area contributed by atoms with Gasteiger partial charge in [0.15, 0.2) is 9.84 Å². The molecule has 0 amide bonds. The van der Waals surface area contributed by atoms with Crippen LogP contribution in [-0.2, 0) is 9.84 Å². The highest BCUT2D eigenvalue weighted by molar-refractivity contribution is 7.91. The largest absolute Gasteiger partial charge is 0.313 e. The molecule has 0 bridgehead atoms. The Bertz CT molecular complexity index is 372. The van der Waals surface area contributed by atoms with E-state index in [1.807, 2.05) is 0 Å². The number of nitrogens with zero attached hydrogens (tertiary/aromatic N) is 1. The summed E-state index contributed by atoms with van der Waals surface area (Å²) in [6, 6.07) is 0.749. The first-order chi connectivity index (χ1) is 8.99. The van der Waals surface area contributed by atoms with Crippen molar-refractivity contribution in [3.63, 3.8) is 0 Å². The average molecular weight is 288 g/mol. The Morgan fingerprint density at radius 2 is 1.74 bits per heavy atom. The number of hydrogen-bond donors (Lipinski definition) is 1.